The Morgan fingerprint density at radius 2 is 2.20 bits per heavy atom. The van der Waals surface area contributed by atoms with Crippen molar-refractivity contribution in [3.63, 3.8) is 0 Å². The average molecular weight is 285 g/mol. The highest BCUT2D eigenvalue weighted by Crippen LogP contribution is 2.26. The van der Waals surface area contributed by atoms with E-state index in [1.807, 2.05) is 13.0 Å². The predicted molar refractivity (Wildman–Crippen MR) is 73.1 cm³/mol. The Morgan fingerprint density at radius 1 is 1.40 bits per heavy atom. The van der Waals surface area contributed by atoms with Gasteiger partial charge in [-0.2, -0.15) is 8.78 Å². The predicted octanol–water partition coefficient (Wildman–Crippen LogP) is 3.51. The van der Waals surface area contributed by atoms with E-state index in [0.29, 0.717) is 6.10 Å². The van der Waals surface area contributed by atoms with Crippen LogP contribution in [-0.2, 0) is 4.74 Å². The molecule has 2 rings (SSSR count). The number of para-hydroxylation sites is 1. The topological polar surface area (TPSA) is 30.5 Å². The normalized spacial score (nSPS) is 20.3. The maximum atomic E-state index is 12.4. The summed E-state index contributed by atoms with van der Waals surface area (Å²) in [6.07, 6.45) is 3.52. The lowest BCUT2D eigenvalue weighted by Crippen LogP contribution is -2.24. The zero-order chi connectivity index (χ0) is 14.4. The Balaban J connectivity index is 1.85. The van der Waals surface area contributed by atoms with E-state index in [9.17, 15) is 8.78 Å². The van der Waals surface area contributed by atoms with Crippen molar-refractivity contribution in [2.24, 2.45) is 0 Å². The third-order valence-corrected chi connectivity index (χ3v) is 3.54. The molecule has 1 aromatic carbocycles. The van der Waals surface area contributed by atoms with Gasteiger partial charge in [-0.25, -0.2) is 0 Å². The highest BCUT2D eigenvalue weighted by molar-refractivity contribution is 5.35. The van der Waals surface area contributed by atoms with E-state index in [0.717, 1.165) is 38.0 Å². The fourth-order valence-electron chi connectivity index (χ4n) is 2.48. The molecule has 112 valence electrons. The maximum absolute atomic E-state index is 12.4. The van der Waals surface area contributed by atoms with Gasteiger partial charge in [-0.3, -0.25) is 0 Å². The Kier molecular flexibility index (Phi) is 5.73. The first-order valence-corrected chi connectivity index (χ1v) is 7.05. The van der Waals surface area contributed by atoms with Gasteiger partial charge in [0.25, 0.3) is 0 Å². The quantitative estimate of drug-likeness (QED) is 0.831. The number of benzene rings is 1. The molecule has 1 aliphatic rings. The van der Waals surface area contributed by atoms with Crippen molar-refractivity contribution in [1.82, 2.24) is 5.32 Å². The summed E-state index contributed by atoms with van der Waals surface area (Å²) in [4.78, 5) is 0. The fourth-order valence-corrected chi connectivity index (χ4v) is 2.48. The molecule has 0 aliphatic carbocycles. The van der Waals surface area contributed by atoms with E-state index in [4.69, 9.17) is 4.74 Å². The van der Waals surface area contributed by atoms with Gasteiger partial charge in [0.2, 0.25) is 0 Å². The lowest BCUT2D eigenvalue weighted by atomic mass is 10.1. The highest BCUT2D eigenvalue weighted by atomic mass is 19.3. The van der Waals surface area contributed by atoms with Crippen LogP contribution in [0.2, 0.25) is 0 Å². The largest absolute Gasteiger partial charge is 0.434 e. The molecule has 5 heteroatoms. The summed E-state index contributed by atoms with van der Waals surface area (Å²) in [7, 11) is 0. The van der Waals surface area contributed by atoms with Crippen LogP contribution in [0.4, 0.5) is 8.78 Å². The number of rotatable bonds is 7. The second-order valence-electron chi connectivity index (χ2n) is 5.02. The van der Waals surface area contributed by atoms with Gasteiger partial charge >= 0.3 is 6.61 Å². The number of alkyl halides is 2. The van der Waals surface area contributed by atoms with Crippen LogP contribution in [0.3, 0.4) is 0 Å². The molecule has 3 nitrogen and oxygen atoms in total. The van der Waals surface area contributed by atoms with Crippen LogP contribution >= 0.6 is 0 Å². The molecule has 1 aromatic rings. The van der Waals surface area contributed by atoms with E-state index in [2.05, 4.69) is 10.1 Å². The Bertz CT molecular complexity index is 409. The van der Waals surface area contributed by atoms with E-state index in [1.165, 1.54) is 0 Å². The summed E-state index contributed by atoms with van der Waals surface area (Å²) < 4.78 is 34.8. The summed E-state index contributed by atoms with van der Waals surface area (Å²) in [5.74, 6) is 0.236. The third kappa shape index (κ3) is 4.42. The summed E-state index contributed by atoms with van der Waals surface area (Å²) in [5.41, 5.74) is 0.750. The van der Waals surface area contributed by atoms with E-state index < -0.39 is 6.61 Å². The smallest absolute Gasteiger partial charge is 0.387 e. The number of hydrogen-bond donors (Lipinski definition) is 1. The van der Waals surface area contributed by atoms with Crippen molar-refractivity contribution in [2.45, 2.75) is 44.9 Å². The van der Waals surface area contributed by atoms with E-state index in [1.54, 1.807) is 18.2 Å². The minimum atomic E-state index is -2.80. The molecule has 1 N–H and O–H groups in total. The van der Waals surface area contributed by atoms with Crippen molar-refractivity contribution >= 4 is 0 Å². The van der Waals surface area contributed by atoms with Crippen LogP contribution in [0.25, 0.3) is 0 Å². The third-order valence-electron chi connectivity index (χ3n) is 3.54. The molecule has 0 amide bonds. The molecular weight excluding hydrogens is 264 g/mol. The minimum absolute atomic E-state index is 0.0358. The molecule has 0 bridgehead atoms. The number of ether oxygens (including phenoxy) is 2. The first-order chi connectivity index (χ1) is 9.66. The van der Waals surface area contributed by atoms with Crippen LogP contribution in [0, 0.1) is 0 Å². The van der Waals surface area contributed by atoms with E-state index in [-0.39, 0.29) is 11.8 Å². The molecule has 1 saturated heterocycles. The first kappa shape index (κ1) is 15.2. The minimum Gasteiger partial charge on any atom is -0.434 e. The average Bonchev–Trinajstić information content (AvgIpc) is 2.91. The second-order valence-corrected chi connectivity index (χ2v) is 5.02. The Morgan fingerprint density at radius 3 is 2.90 bits per heavy atom. The molecule has 0 spiro atoms. The highest BCUT2D eigenvalue weighted by Gasteiger charge is 2.17. The molecule has 0 aromatic heterocycles. The van der Waals surface area contributed by atoms with Gasteiger partial charge in [-0.05, 0) is 38.8 Å². The lowest BCUT2D eigenvalue weighted by Gasteiger charge is -2.19. The van der Waals surface area contributed by atoms with Crippen molar-refractivity contribution in [2.75, 3.05) is 13.2 Å². The van der Waals surface area contributed by atoms with Crippen LogP contribution in [0.1, 0.15) is 37.8 Å². The maximum Gasteiger partial charge on any atom is 0.387 e. The molecule has 2 atom stereocenters. The van der Waals surface area contributed by atoms with Gasteiger partial charge < -0.3 is 14.8 Å². The van der Waals surface area contributed by atoms with Gasteiger partial charge in [-0.1, -0.05) is 18.2 Å². The van der Waals surface area contributed by atoms with Gasteiger partial charge in [0.1, 0.15) is 5.75 Å². The van der Waals surface area contributed by atoms with Crippen molar-refractivity contribution < 1.29 is 18.3 Å². The number of hydrogen-bond acceptors (Lipinski definition) is 3. The summed E-state index contributed by atoms with van der Waals surface area (Å²) in [6.45, 7) is 0.804. The van der Waals surface area contributed by atoms with Crippen LogP contribution in [-0.4, -0.2) is 25.9 Å². The molecular formula is C15H21F2NO2. The number of halogens is 2. The Hall–Kier alpha value is -1.20. The first-order valence-electron chi connectivity index (χ1n) is 7.05. The summed E-state index contributed by atoms with van der Waals surface area (Å²) >= 11 is 0. The van der Waals surface area contributed by atoms with Crippen LogP contribution in [0.15, 0.2) is 24.3 Å². The van der Waals surface area contributed by atoms with Gasteiger partial charge in [-0.15, -0.1) is 0 Å². The molecule has 1 aliphatic heterocycles. The van der Waals surface area contributed by atoms with Crippen molar-refractivity contribution in [1.29, 1.82) is 0 Å². The monoisotopic (exact) mass is 285 g/mol. The van der Waals surface area contributed by atoms with Gasteiger partial charge in [0, 0.05) is 18.2 Å². The zero-order valence-corrected chi connectivity index (χ0v) is 11.6. The summed E-state index contributed by atoms with van der Waals surface area (Å²) in [6, 6.07) is 6.86. The van der Waals surface area contributed by atoms with E-state index >= 15 is 0 Å². The van der Waals surface area contributed by atoms with Gasteiger partial charge in [0.15, 0.2) is 0 Å². The van der Waals surface area contributed by atoms with Crippen LogP contribution < -0.4 is 10.1 Å². The lowest BCUT2D eigenvalue weighted by molar-refractivity contribution is -0.0506. The van der Waals surface area contributed by atoms with Gasteiger partial charge in [0.05, 0.1) is 6.10 Å². The molecule has 1 fully saturated rings. The fraction of sp³-hybridized carbons (Fsp3) is 0.600. The number of nitrogens with one attached hydrogen (secondary N) is 1. The Labute approximate surface area is 118 Å². The molecule has 0 saturated carbocycles. The second kappa shape index (κ2) is 7.55. The zero-order valence-electron chi connectivity index (χ0n) is 11.6. The standard InChI is InChI=1S/C15H21F2NO2/c1-11(18-9-8-12-5-4-10-19-12)13-6-2-3-7-14(13)20-15(16)17/h2-3,6-7,11-12,15,18H,4-5,8-10H2,1H3. The van der Waals surface area contributed by atoms with Crippen molar-refractivity contribution in [3.8, 4) is 5.75 Å². The summed E-state index contributed by atoms with van der Waals surface area (Å²) in [5, 5.41) is 3.33. The van der Waals surface area contributed by atoms with Crippen molar-refractivity contribution in [3.05, 3.63) is 29.8 Å². The molecule has 2 unspecified atom stereocenters. The SMILES string of the molecule is CC(NCCC1CCCO1)c1ccccc1OC(F)F. The van der Waals surface area contributed by atoms with Crippen LogP contribution in [0.5, 0.6) is 5.75 Å². The molecule has 0 radical (unpaired) electrons. The molecule has 1 heterocycles. The molecule has 20 heavy (non-hydrogen) atoms.